The van der Waals surface area contributed by atoms with Crippen LogP contribution in [0.25, 0.3) is 0 Å². The molecule has 2 unspecified atom stereocenters. The van der Waals surface area contributed by atoms with Crippen molar-refractivity contribution in [1.82, 2.24) is 15.5 Å². The summed E-state index contributed by atoms with van der Waals surface area (Å²) in [6, 6.07) is 0.596. The molecule has 1 aliphatic carbocycles. The lowest BCUT2D eigenvalue weighted by atomic mass is 9.93. The first-order chi connectivity index (χ1) is 7.38. The smallest absolute Gasteiger partial charge is 0.0586 e. The van der Waals surface area contributed by atoms with E-state index in [-0.39, 0.29) is 0 Å². The van der Waals surface area contributed by atoms with Crippen LogP contribution < -0.4 is 5.32 Å². The Labute approximate surface area is 90.4 Å². The highest BCUT2D eigenvalue weighted by atomic mass is 16.5. The van der Waals surface area contributed by atoms with Gasteiger partial charge < -0.3 is 10.1 Å². The van der Waals surface area contributed by atoms with Crippen molar-refractivity contribution in [3.63, 3.8) is 0 Å². The van der Waals surface area contributed by atoms with E-state index in [1.807, 2.05) is 19.5 Å². The second kappa shape index (κ2) is 5.28. The zero-order valence-electron chi connectivity index (χ0n) is 9.20. The summed E-state index contributed by atoms with van der Waals surface area (Å²) >= 11 is 0. The maximum absolute atomic E-state index is 5.40. The molecule has 4 nitrogen and oxygen atoms in total. The molecule has 84 valence electrons. The van der Waals surface area contributed by atoms with E-state index in [1.54, 1.807) is 0 Å². The van der Waals surface area contributed by atoms with E-state index in [1.165, 1.54) is 24.8 Å². The normalized spacial score (nSPS) is 26.7. The molecule has 0 bridgehead atoms. The van der Waals surface area contributed by atoms with Gasteiger partial charge in [-0.1, -0.05) is 0 Å². The average molecular weight is 209 g/mol. The minimum absolute atomic E-state index is 0.445. The molecule has 4 heteroatoms. The van der Waals surface area contributed by atoms with Gasteiger partial charge in [0.25, 0.3) is 0 Å². The summed E-state index contributed by atoms with van der Waals surface area (Å²) in [4.78, 5) is 0. The van der Waals surface area contributed by atoms with Crippen LogP contribution in [0.2, 0.25) is 0 Å². The summed E-state index contributed by atoms with van der Waals surface area (Å²) in [6.45, 7) is 0.900. The third-order valence-corrected chi connectivity index (χ3v) is 3.11. The minimum Gasteiger partial charge on any atom is -0.381 e. The molecule has 2 rings (SSSR count). The van der Waals surface area contributed by atoms with Gasteiger partial charge in [0.05, 0.1) is 12.3 Å². The molecule has 2 atom stereocenters. The Morgan fingerprint density at radius 3 is 3.27 bits per heavy atom. The summed E-state index contributed by atoms with van der Waals surface area (Å²) in [6.07, 6.45) is 9.11. The van der Waals surface area contributed by atoms with Crippen molar-refractivity contribution in [3.8, 4) is 0 Å². The Kier molecular flexibility index (Phi) is 3.75. The average Bonchev–Trinajstić information content (AvgIpc) is 2.79. The minimum atomic E-state index is 0.445. The number of nitrogens with zero attached hydrogens (tertiary/aromatic N) is 1. The van der Waals surface area contributed by atoms with E-state index in [0.717, 1.165) is 13.0 Å². The SMILES string of the molecule is COC1CCCC(NCc2cn[nH]c2)C1. The highest BCUT2D eigenvalue weighted by molar-refractivity contribution is 5.02. The third kappa shape index (κ3) is 3.04. The number of rotatable bonds is 4. The standard InChI is InChI=1S/C11H19N3O/c1-15-11-4-2-3-10(5-11)12-6-9-7-13-14-8-9/h7-8,10-12H,2-6H2,1H3,(H,13,14). The van der Waals surface area contributed by atoms with Gasteiger partial charge in [-0.25, -0.2) is 0 Å². The number of aromatic nitrogens is 2. The molecule has 0 aromatic carbocycles. The molecular formula is C11H19N3O. The molecule has 1 heterocycles. The lowest BCUT2D eigenvalue weighted by Crippen LogP contribution is -2.36. The lowest BCUT2D eigenvalue weighted by Gasteiger charge is -2.28. The fourth-order valence-electron chi connectivity index (χ4n) is 2.18. The van der Waals surface area contributed by atoms with Crippen LogP contribution >= 0.6 is 0 Å². The lowest BCUT2D eigenvalue weighted by molar-refractivity contribution is 0.0586. The molecule has 0 spiro atoms. The maximum Gasteiger partial charge on any atom is 0.0586 e. The highest BCUT2D eigenvalue weighted by Crippen LogP contribution is 2.20. The van der Waals surface area contributed by atoms with Gasteiger partial charge in [-0.15, -0.1) is 0 Å². The zero-order chi connectivity index (χ0) is 10.5. The maximum atomic E-state index is 5.40. The molecule has 0 saturated heterocycles. The predicted octanol–water partition coefficient (Wildman–Crippen LogP) is 1.46. The summed E-state index contributed by atoms with van der Waals surface area (Å²) in [7, 11) is 1.81. The van der Waals surface area contributed by atoms with Gasteiger partial charge >= 0.3 is 0 Å². The second-order valence-corrected chi connectivity index (χ2v) is 4.21. The number of aromatic amines is 1. The molecule has 0 aliphatic heterocycles. The van der Waals surface area contributed by atoms with Crippen LogP contribution in [-0.4, -0.2) is 29.5 Å². The molecule has 15 heavy (non-hydrogen) atoms. The number of ether oxygens (including phenoxy) is 1. The molecule has 2 N–H and O–H groups in total. The molecule has 1 fully saturated rings. The van der Waals surface area contributed by atoms with Crippen molar-refractivity contribution >= 4 is 0 Å². The van der Waals surface area contributed by atoms with Gasteiger partial charge in [-0.05, 0) is 25.7 Å². The van der Waals surface area contributed by atoms with Crippen LogP contribution in [0, 0.1) is 0 Å². The molecule has 1 aromatic rings. The van der Waals surface area contributed by atoms with Crippen LogP contribution in [0.15, 0.2) is 12.4 Å². The van der Waals surface area contributed by atoms with E-state index >= 15 is 0 Å². The first-order valence-corrected chi connectivity index (χ1v) is 5.62. The Morgan fingerprint density at radius 1 is 1.60 bits per heavy atom. The number of methoxy groups -OCH3 is 1. The number of nitrogens with one attached hydrogen (secondary N) is 2. The van der Waals surface area contributed by atoms with Crippen LogP contribution in [-0.2, 0) is 11.3 Å². The predicted molar refractivity (Wildman–Crippen MR) is 58.5 cm³/mol. The fraction of sp³-hybridized carbons (Fsp3) is 0.727. The second-order valence-electron chi connectivity index (χ2n) is 4.21. The number of hydrogen-bond donors (Lipinski definition) is 2. The molecule has 1 saturated carbocycles. The Balaban J connectivity index is 1.74. The summed E-state index contributed by atoms with van der Waals surface area (Å²) in [5, 5.41) is 10.3. The van der Waals surface area contributed by atoms with Crippen LogP contribution in [0.4, 0.5) is 0 Å². The van der Waals surface area contributed by atoms with E-state index in [4.69, 9.17) is 4.74 Å². The Bertz CT molecular complexity index is 273. The molecular weight excluding hydrogens is 190 g/mol. The summed E-state index contributed by atoms with van der Waals surface area (Å²) in [5.41, 5.74) is 1.22. The third-order valence-electron chi connectivity index (χ3n) is 3.11. The van der Waals surface area contributed by atoms with Gasteiger partial charge in [0.2, 0.25) is 0 Å². The van der Waals surface area contributed by atoms with Crippen molar-refractivity contribution < 1.29 is 4.74 Å². The van der Waals surface area contributed by atoms with Crippen LogP contribution in [0.5, 0.6) is 0 Å². The Hall–Kier alpha value is -0.870. The summed E-state index contributed by atoms with van der Waals surface area (Å²) in [5.74, 6) is 0. The Morgan fingerprint density at radius 2 is 2.53 bits per heavy atom. The number of H-pyrrole nitrogens is 1. The zero-order valence-corrected chi connectivity index (χ0v) is 9.20. The van der Waals surface area contributed by atoms with Crippen LogP contribution in [0.1, 0.15) is 31.2 Å². The topological polar surface area (TPSA) is 49.9 Å². The van der Waals surface area contributed by atoms with Crippen molar-refractivity contribution in [2.75, 3.05) is 7.11 Å². The van der Waals surface area contributed by atoms with Gasteiger partial charge in [-0.3, -0.25) is 5.10 Å². The van der Waals surface area contributed by atoms with Gasteiger partial charge in [0, 0.05) is 31.5 Å². The van der Waals surface area contributed by atoms with Crippen LogP contribution in [0.3, 0.4) is 0 Å². The fourth-order valence-corrected chi connectivity index (χ4v) is 2.18. The van der Waals surface area contributed by atoms with Gasteiger partial charge in [-0.2, -0.15) is 5.10 Å². The van der Waals surface area contributed by atoms with E-state index < -0.39 is 0 Å². The van der Waals surface area contributed by atoms with E-state index in [2.05, 4.69) is 15.5 Å². The van der Waals surface area contributed by atoms with Crippen molar-refractivity contribution in [3.05, 3.63) is 18.0 Å². The molecule has 0 amide bonds. The van der Waals surface area contributed by atoms with Crippen molar-refractivity contribution in [1.29, 1.82) is 0 Å². The van der Waals surface area contributed by atoms with E-state index in [9.17, 15) is 0 Å². The van der Waals surface area contributed by atoms with Crippen molar-refractivity contribution in [2.45, 2.75) is 44.4 Å². The molecule has 1 aliphatic rings. The highest BCUT2D eigenvalue weighted by Gasteiger charge is 2.20. The first kappa shape index (κ1) is 10.6. The quantitative estimate of drug-likeness (QED) is 0.789. The van der Waals surface area contributed by atoms with Gasteiger partial charge in [0.15, 0.2) is 0 Å². The van der Waals surface area contributed by atoms with Gasteiger partial charge in [0.1, 0.15) is 0 Å². The monoisotopic (exact) mass is 209 g/mol. The molecule has 1 aromatic heterocycles. The summed E-state index contributed by atoms with van der Waals surface area (Å²) < 4.78 is 5.40. The largest absolute Gasteiger partial charge is 0.381 e. The van der Waals surface area contributed by atoms with Crippen molar-refractivity contribution in [2.24, 2.45) is 0 Å². The number of hydrogen-bond acceptors (Lipinski definition) is 3. The van der Waals surface area contributed by atoms with E-state index in [0.29, 0.717) is 12.1 Å². The molecule has 0 radical (unpaired) electrons. The first-order valence-electron chi connectivity index (χ1n) is 5.62.